The number of rotatable bonds is 5. The normalized spacial score (nSPS) is 16.5. The molecule has 2 aromatic carbocycles. The van der Waals surface area contributed by atoms with Gasteiger partial charge in [-0.1, -0.05) is 30.3 Å². The molecule has 0 saturated heterocycles. The molecule has 10 nitrogen and oxygen atoms in total. The van der Waals surface area contributed by atoms with Crippen LogP contribution in [0.1, 0.15) is 37.1 Å². The molecule has 172 valence electrons. The number of urea groups is 1. The fraction of sp³-hybridized carbons (Fsp3) is 0.261. The fourth-order valence-electron chi connectivity index (χ4n) is 3.59. The number of non-ortho nitro benzene ring substituents is 1. The van der Waals surface area contributed by atoms with Crippen molar-refractivity contribution in [1.82, 2.24) is 10.2 Å². The zero-order chi connectivity index (χ0) is 24.1. The molecular weight excluding hydrogens is 428 g/mol. The van der Waals surface area contributed by atoms with E-state index >= 15 is 0 Å². The quantitative estimate of drug-likeness (QED) is 0.417. The molecule has 0 spiro atoms. The van der Waals surface area contributed by atoms with Crippen molar-refractivity contribution in [2.75, 3.05) is 14.2 Å². The first-order valence-corrected chi connectivity index (χ1v) is 10.1. The van der Waals surface area contributed by atoms with Crippen molar-refractivity contribution >= 4 is 23.7 Å². The molecule has 1 heterocycles. The van der Waals surface area contributed by atoms with Crippen molar-refractivity contribution in [3.63, 3.8) is 0 Å². The van der Waals surface area contributed by atoms with E-state index in [2.05, 4.69) is 10.3 Å². The summed E-state index contributed by atoms with van der Waals surface area (Å²) >= 11 is 0. The van der Waals surface area contributed by atoms with Crippen LogP contribution >= 0.6 is 0 Å². The van der Waals surface area contributed by atoms with E-state index < -0.39 is 23.0 Å². The Bertz CT molecular complexity index is 1110. The number of nitro benzene ring substituents is 1. The summed E-state index contributed by atoms with van der Waals surface area (Å²) in [5.74, 6) is -0.677. The number of amides is 2. The molecule has 0 fully saturated rings. The highest BCUT2D eigenvalue weighted by Crippen LogP contribution is 2.37. The molecule has 2 amide bonds. The number of hydrogen-bond acceptors (Lipinski definition) is 7. The monoisotopic (exact) mass is 452 g/mol. The minimum atomic E-state index is -0.978. The Hall–Kier alpha value is -4.21. The zero-order valence-corrected chi connectivity index (χ0v) is 18.6. The topological polar surface area (TPSA) is 123 Å². The van der Waals surface area contributed by atoms with E-state index in [-0.39, 0.29) is 23.3 Å². The lowest BCUT2D eigenvalue weighted by Gasteiger charge is -2.36. The lowest BCUT2D eigenvalue weighted by molar-refractivity contribution is -0.384. The largest absolute Gasteiger partial charge is 0.468 e. The van der Waals surface area contributed by atoms with Gasteiger partial charge in [0.1, 0.15) is 6.04 Å². The average molecular weight is 452 g/mol. The van der Waals surface area contributed by atoms with Crippen LogP contribution in [-0.2, 0) is 14.3 Å². The summed E-state index contributed by atoms with van der Waals surface area (Å²) < 4.78 is 10.3. The van der Waals surface area contributed by atoms with E-state index in [4.69, 9.17) is 9.47 Å². The van der Waals surface area contributed by atoms with Crippen LogP contribution in [0, 0.1) is 10.1 Å². The Morgan fingerprint density at radius 3 is 2.30 bits per heavy atom. The number of nitro groups is 1. The summed E-state index contributed by atoms with van der Waals surface area (Å²) in [6.45, 7) is 3.43. The highest BCUT2D eigenvalue weighted by atomic mass is 16.6. The standard InChI is InChI=1S/C23H24N4O6/c1-14(16-8-6-5-7-9-16)24-22(29)26-20(17-10-12-18(13-11-17)27(30)31)19(21(28)32-3)15(2)25-23(26)33-4/h5-14,20H,1-4H3,(H,24,29)/t14-,20+/m0/s1. The number of aliphatic imine (C=N–C) groups is 1. The number of nitrogens with zero attached hydrogens (tertiary/aromatic N) is 3. The van der Waals surface area contributed by atoms with Gasteiger partial charge >= 0.3 is 18.0 Å². The number of carbonyl (C=O) groups excluding carboxylic acids is 2. The Balaban J connectivity index is 2.07. The molecule has 0 saturated carbocycles. The molecule has 33 heavy (non-hydrogen) atoms. The van der Waals surface area contributed by atoms with Crippen molar-refractivity contribution in [3.8, 4) is 0 Å². The maximum Gasteiger partial charge on any atom is 0.338 e. The van der Waals surface area contributed by atoms with Gasteiger partial charge < -0.3 is 14.8 Å². The number of hydrogen-bond donors (Lipinski definition) is 1. The molecular formula is C23H24N4O6. The Kier molecular flexibility index (Phi) is 7.07. The molecule has 2 aromatic rings. The van der Waals surface area contributed by atoms with Gasteiger partial charge in [-0.2, -0.15) is 0 Å². The number of ether oxygens (including phenoxy) is 2. The van der Waals surface area contributed by atoms with Crippen molar-refractivity contribution in [3.05, 3.63) is 87.1 Å². The number of benzene rings is 2. The second-order valence-electron chi connectivity index (χ2n) is 7.29. The van der Waals surface area contributed by atoms with Crippen LogP contribution in [-0.4, -0.2) is 42.1 Å². The molecule has 10 heteroatoms. The van der Waals surface area contributed by atoms with Crippen molar-refractivity contribution < 1.29 is 24.0 Å². The van der Waals surface area contributed by atoms with Gasteiger partial charge in [-0.25, -0.2) is 19.5 Å². The Morgan fingerprint density at radius 1 is 1.12 bits per heavy atom. The summed E-state index contributed by atoms with van der Waals surface area (Å²) in [5, 5.41) is 14.0. The molecule has 0 aliphatic carbocycles. The second kappa shape index (κ2) is 9.94. The molecule has 1 aliphatic heterocycles. The number of amidine groups is 1. The summed E-state index contributed by atoms with van der Waals surface area (Å²) in [4.78, 5) is 42.2. The van der Waals surface area contributed by atoms with Crippen LogP contribution in [0.5, 0.6) is 0 Å². The van der Waals surface area contributed by atoms with Crippen LogP contribution in [0.15, 0.2) is 70.9 Å². The van der Waals surface area contributed by atoms with E-state index in [0.29, 0.717) is 11.3 Å². The SMILES string of the molecule is COC(=O)C1=C(C)N=C(OC)N(C(=O)N[C@@H](C)c2ccccc2)[C@@H]1c1ccc([N+](=O)[O-])cc1. The Morgan fingerprint density at radius 2 is 1.76 bits per heavy atom. The predicted molar refractivity (Wildman–Crippen MR) is 120 cm³/mol. The molecule has 0 bridgehead atoms. The number of nitrogens with one attached hydrogen (secondary N) is 1. The maximum atomic E-state index is 13.4. The van der Waals surface area contributed by atoms with Crippen molar-refractivity contribution in [2.24, 2.45) is 4.99 Å². The molecule has 3 rings (SSSR count). The molecule has 1 aliphatic rings. The van der Waals surface area contributed by atoms with Crippen LogP contribution in [0.4, 0.5) is 10.5 Å². The van der Waals surface area contributed by atoms with Crippen LogP contribution in [0.25, 0.3) is 0 Å². The summed E-state index contributed by atoms with van der Waals surface area (Å²) in [6.07, 6.45) is 0. The van der Waals surface area contributed by atoms with Gasteiger partial charge in [-0.05, 0) is 37.1 Å². The van der Waals surface area contributed by atoms with Gasteiger partial charge in [0.05, 0.1) is 36.5 Å². The van der Waals surface area contributed by atoms with Crippen LogP contribution in [0.2, 0.25) is 0 Å². The average Bonchev–Trinajstić information content (AvgIpc) is 2.83. The predicted octanol–water partition coefficient (Wildman–Crippen LogP) is 3.87. The third-order valence-electron chi connectivity index (χ3n) is 5.26. The minimum Gasteiger partial charge on any atom is -0.468 e. The van der Waals surface area contributed by atoms with Gasteiger partial charge in [-0.3, -0.25) is 10.1 Å². The van der Waals surface area contributed by atoms with Crippen LogP contribution < -0.4 is 5.32 Å². The van der Waals surface area contributed by atoms with Crippen molar-refractivity contribution in [1.29, 1.82) is 0 Å². The number of allylic oxidation sites excluding steroid dienone is 1. The van der Waals surface area contributed by atoms with Gasteiger partial charge in [0, 0.05) is 12.1 Å². The number of methoxy groups -OCH3 is 2. The van der Waals surface area contributed by atoms with Gasteiger partial charge in [0.25, 0.3) is 5.69 Å². The zero-order valence-electron chi connectivity index (χ0n) is 18.6. The van der Waals surface area contributed by atoms with E-state index in [0.717, 1.165) is 5.56 Å². The van der Waals surface area contributed by atoms with E-state index in [1.54, 1.807) is 6.92 Å². The first-order valence-electron chi connectivity index (χ1n) is 10.1. The number of esters is 1. The highest BCUT2D eigenvalue weighted by molar-refractivity contribution is 6.00. The third kappa shape index (κ3) is 4.84. The van der Waals surface area contributed by atoms with Gasteiger partial charge in [0.15, 0.2) is 0 Å². The first-order chi connectivity index (χ1) is 15.8. The maximum absolute atomic E-state index is 13.4. The summed E-state index contributed by atoms with van der Waals surface area (Å²) in [6, 6.07) is 13.0. The van der Waals surface area contributed by atoms with E-state index in [1.165, 1.54) is 43.4 Å². The summed E-state index contributed by atoms with van der Waals surface area (Å²) in [7, 11) is 2.59. The van der Waals surface area contributed by atoms with Gasteiger partial charge in [-0.15, -0.1) is 0 Å². The third-order valence-corrected chi connectivity index (χ3v) is 5.26. The molecule has 0 radical (unpaired) electrons. The molecule has 0 aromatic heterocycles. The van der Waals surface area contributed by atoms with Crippen molar-refractivity contribution in [2.45, 2.75) is 25.9 Å². The smallest absolute Gasteiger partial charge is 0.338 e. The summed E-state index contributed by atoms with van der Waals surface area (Å²) in [5.41, 5.74) is 1.64. The highest BCUT2D eigenvalue weighted by Gasteiger charge is 2.41. The lowest BCUT2D eigenvalue weighted by atomic mass is 9.94. The van der Waals surface area contributed by atoms with Crippen LogP contribution in [0.3, 0.4) is 0 Å². The van der Waals surface area contributed by atoms with E-state index in [1.807, 2.05) is 37.3 Å². The first kappa shape index (κ1) is 23.5. The number of carbonyl (C=O) groups is 2. The Labute approximate surface area is 190 Å². The van der Waals surface area contributed by atoms with E-state index in [9.17, 15) is 19.7 Å². The van der Waals surface area contributed by atoms with Gasteiger partial charge in [0.2, 0.25) is 0 Å². The fourth-order valence-corrected chi connectivity index (χ4v) is 3.59. The molecule has 0 unspecified atom stereocenters. The molecule has 1 N–H and O–H groups in total. The lowest BCUT2D eigenvalue weighted by Crippen LogP contribution is -2.50. The second-order valence-corrected chi connectivity index (χ2v) is 7.29. The molecule has 2 atom stereocenters. The minimum absolute atomic E-state index is 0.0266.